The Morgan fingerprint density at radius 1 is 1.42 bits per heavy atom. The van der Waals surface area contributed by atoms with E-state index in [-0.39, 0.29) is 11.6 Å². The van der Waals surface area contributed by atoms with Crippen LogP contribution in [0.3, 0.4) is 0 Å². The van der Waals surface area contributed by atoms with Crippen LogP contribution in [0.2, 0.25) is 0 Å². The molecule has 1 unspecified atom stereocenters. The van der Waals surface area contributed by atoms with Crippen molar-refractivity contribution in [2.75, 3.05) is 0 Å². The highest BCUT2D eigenvalue weighted by atomic mass is 32.1. The van der Waals surface area contributed by atoms with Crippen LogP contribution in [0, 0.1) is 20.8 Å². The number of H-pyrrole nitrogens is 1. The predicted octanol–water partition coefficient (Wildman–Crippen LogP) is 2.00. The predicted molar refractivity (Wildman–Crippen MR) is 76.4 cm³/mol. The Kier molecular flexibility index (Phi) is 4.11. The molecule has 0 spiro atoms. The Morgan fingerprint density at radius 2 is 2.16 bits per heavy atom. The van der Waals surface area contributed by atoms with Crippen molar-refractivity contribution in [3.8, 4) is 0 Å². The van der Waals surface area contributed by atoms with Crippen molar-refractivity contribution in [3.63, 3.8) is 0 Å². The van der Waals surface area contributed by atoms with Crippen molar-refractivity contribution in [1.29, 1.82) is 0 Å². The number of nitrogens with zero attached hydrogens (tertiary/aromatic N) is 2. The number of aromatic nitrogens is 3. The van der Waals surface area contributed by atoms with Gasteiger partial charge in [0.1, 0.15) is 10.8 Å². The summed E-state index contributed by atoms with van der Waals surface area (Å²) < 4.78 is 0. The maximum absolute atomic E-state index is 12.0. The number of thiazole rings is 1. The van der Waals surface area contributed by atoms with Gasteiger partial charge in [-0.25, -0.2) is 9.97 Å². The fraction of sp³-hybridized carbons (Fsp3) is 0.462. The molecule has 0 bridgehead atoms. The Hall–Kier alpha value is -1.53. The molecule has 0 fully saturated rings. The van der Waals surface area contributed by atoms with E-state index < -0.39 is 0 Å². The Bertz CT molecular complexity index is 632. The van der Waals surface area contributed by atoms with Crippen molar-refractivity contribution in [3.05, 3.63) is 43.5 Å². The van der Waals surface area contributed by atoms with Crippen molar-refractivity contribution in [1.82, 2.24) is 20.3 Å². The van der Waals surface area contributed by atoms with Gasteiger partial charge in [0.05, 0.1) is 5.56 Å². The van der Waals surface area contributed by atoms with Crippen LogP contribution in [0.1, 0.15) is 39.9 Å². The van der Waals surface area contributed by atoms with Gasteiger partial charge in [0.25, 0.3) is 5.56 Å². The summed E-state index contributed by atoms with van der Waals surface area (Å²) in [6.07, 6.45) is 1.86. The van der Waals surface area contributed by atoms with E-state index in [4.69, 9.17) is 0 Å². The monoisotopic (exact) mass is 278 g/mol. The van der Waals surface area contributed by atoms with Gasteiger partial charge in [0.2, 0.25) is 0 Å². The topological polar surface area (TPSA) is 70.7 Å². The van der Waals surface area contributed by atoms with Gasteiger partial charge < -0.3 is 10.3 Å². The largest absolute Gasteiger partial charge is 0.310 e. The van der Waals surface area contributed by atoms with Crippen LogP contribution in [0.25, 0.3) is 0 Å². The number of aryl methyl sites for hydroxylation is 3. The average Bonchev–Trinajstić information content (AvgIpc) is 2.71. The first-order chi connectivity index (χ1) is 8.97. The van der Waals surface area contributed by atoms with Gasteiger partial charge >= 0.3 is 0 Å². The molecule has 0 aromatic carbocycles. The highest BCUT2D eigenvalue weighted by Gasteiger charge is 2.14. The number of nitrogens with one attached hydrogen (secondary N) is 2. The highest BCUT2D eigenvalue weighted by Crippen LogP contribution is 2.14. The maximum atomic E-state index is 12.0. The van der Waals surface area contributed by atoms with Crippen LogP contribution in [-0.4, -0.2) is 15.0 Å². The molecule has 19 heavy (non-hydrogen) atoms. The van der Waals surface area contributed by atoms with E-state index in [1.807, 2.05) is 27.0 Å². The summed E-state index contributed by atoms with van der Waals surface area (Å²) in [7, 11) is 0. The minimum absolute atomic E-state index is 0.0546. The molecule has 2 heterocycles. The molecule has 2 aromatic rings. The summed E-state index contributed by atoms with van der Waals surface area (Å²) in [6, 6.07) is -0.0546. The minimum atomic E-state index is -0.0691. The summed E-state index contributed by atoms with van der Waals surface area (Å²) in [5.41, 5.74) is 1.40. The van der Waals surface area contributed by atoms with E-state index in [2.05, 4.69) is 20.3 Å². The molecule has 0 aliphatic heterocycles. The molecule has 0 saturated carbocycles. The number of rotatable bonds is 4. The Labute approximate surface area is 116 Å². The van der Waals surface area contributed by atoms with Gasteiger partial charge in [-0.3, -0.25) is 4.79 Å². The van der Waals surface area contributed by atoms with Crippen molar-refractivity contribution < 1.29 is 0 Å². The average molecular weight is 278 g/mol. The molecule has 0 aliphatic rings. The summed E-state index contributed by atoms with van der Waals surface area (Å²) in [6.45, 7) is 8.31. The molecule has 2 rings (SSSR count). The zero-order valence-corrected chi connectivity index (χ0v) is 12.4. The van der Waals surface area contributed by atoms with E-state index >= 15 is 0 Å². The SMILES string of the molecule is Cc1nc(C)c(C(C)NCc2ncc(C)s2)c(=O)[nH]1. The van der Waals surface area contributed by atoms with E-state index in [1.165, 1.54) is 4.88 Å². The molecule has 102 valence electrons. The fourth-order valence-electron chi connectivity index (χ4n) is 2.07. The maximum Gasteiger partial charge on any atom is 0.255 e. The molecule has 5 nitrogen and oxygen atoms in total. The first kappa shape index (κ1) is 13.9. The fourth-order valence-corrected chi connectivity index (χ4v) is 2.81. The lowest BCUT2D eigenvalue weighted by Crippen LogP contribution is -2.27. The van der Waals surface area contributed by atoms with Crippen LogP contribution >= 0.6 is 11.3 Å². The van der Waals surface area contributed by atoms with Gasteiger partial charge in [-0.05, 0) is 27.7 Å². The second-order valence-corrected chi connectivity index (χ2v) is 5.94. The van der Waals surface area contributed by atoms with Gasteiger partial charge in [0.15, 0.2) is 0 Å². The molecular formula is C13H18N4OS. The molecule has 0 radical (unpaired) electrons. The molecule has 2 aromatic heterocycles. The van der Waals surface area contributed by atoms with Gasteiger partial charge in [-0.15, -0.1) is 11.3 Å². The third-order valence-corrected chi connectivity index (χ3v) is 3.84. The second-order valence-electron chi connectivity index (χ2n) is 4.62. The molecule has 0 saturated heterocycles. The number of hydrogen-bond donors (Lipinski definition) is 2. The van der Waals surface area contributed by atoms with Gasteiger partial charge in [0, 0.05) is 29.4 Å². The molecule has 1 atom stereocenters. The lowest BCUT2D eigenvalue weighted by Gasteiger charge is -2.14. The van der Waals surface area contributed by atoms with Crippen molar-refractivity contribution in [2.24, 2.45) is 0 Å². The van der Waals surface area contributed by atoms with E-state index in [0.717, 1.165) is 10.7 Å². The first-order valence-electron chi connectivity index (χ1n) is 6.19. The normalized spacial score (nSPS) is 12.6. The van der Waals surface area contributed by atoms with E-state index in [0.29, 0.717) is 17.9 Å². The van der Waals surface area contributed by atoms with E-state index in [1.54, 1.807) is 18.3 Å². The lowest BCUT2D eigenvalue weighted by molar-refractivity contribution is 0.561. The quantitative estimate of drug-likeness (QED) is 0.897. The van der Waals surface area contributed by atoms with Crippen LogP contribution in [0.15, 0.2) is 11.0 Å². The van der Waals surface area contributed by atoms with Crippen molar-refractivity contribution >= 4 is 11.3 Å². The number of hydrogen-bond acceptors (Lipinski definition) is 5. The zero-order chi connectivity index (χ0) is 14.0. The molecule has 0 amide bonds. The lowest BCUT2D eigenvalue weighted by atomic mass is 10.1. The smallest absolute Gasteiger partial charge is 0.255 e. The van der Waals surface area contributed by atoms with E-state index in [9.17, 15) is 4.79 Å². The molecule has 0 aliphatic carbocycles. The molecule has 6 heteroatoms. The summed E-state index contributed by atoms with van der Waals surface area (Å²) in [4.78, 5) is 24.5. The standard InChI is InChI=1S/C13H18N4OS/c1-7-5-15-11(19-7)6-14-8(2)12-9(3)16-10(4)17-13(12)18/h5,8,14H,6H2,1-4H3,(H,16,17,18). The summed E-state index contributed by atoms with van der Waals surface area (Å²) in [5, 5.41) is 4.34. The Balaban J connectivity index is 2.12. The van der Waals surface area contributed by atoms with Crippen LogP contribution < -0.4 is 10.9 Å². The molecular weight excluding hydrogens is 260 g/mol. The Morgan fingerprint density at radius 3 is 2.74 bits per heavy atom. The third-order valence-electron chi connectivity index (χ3n) is 2.93. The summed E-state index contributed by atoms with van der Waals surface area (Å²) >= 11 is 1.66. The van der Waals surface area contributed by atoms with Crippen LogP contribution in [-0.2, 0) is 6.54 Å². The number of aromatic amines is 1. The van der Waals surface area contributed by atoms with Crippen LogP contribution in [0.4, 0.5) is 0 Å². The summed E-state index contributed by atoms with van der Waals surface area (Å²) in [5.74, 6) is 0.647. The van der Waals surface area contributed by atoms with Crippen molar-refractivity contribution in [2.45, 2.75) is 40.3 Å². The van der Waals surface area contributed by atoms with Gasteiger partial charge in [-0.2, -0.15) is 0 Å². The van der Waals surface area contributed by atoms with Crippen LogP contribution in [0.5, 0.6) is 0 Å². The zero-order valence-electron chi connectivity index (χ0n) is 11.6. The minimum Gasteiger partial charge on any atom is -0.310 e. The van der Waals surface area contributed by atoms with Gasteiger partial charge in [-0.1, -0.05) is 0 Å². The first-order valence-corrected chi connectivity index (χ1v) is 7.01. The highest BCUT2D eigenvalue weighted by molar-refractivity contribution is 7.11. The second kappa shape index (κ2) is 5.63. The molecule has 2 N–H and O–H groups in total. The third kappa shape index (κ3) is 3.27.